The lowest BCUT2D eigenvalue weighted by Crippen LogP contribution is -2.15. The zero-order valence-corrected chi connectivity index (χ0v) is 10.1. The predicted molar refractivity (Wildman–Crippen MR) is 72.5 cm³/mol. The van der Waals surface area contributed by atoms with E-state index in [1.807, 2.05) is 0 Å². The van der Waals surface area contributed by atoms with Crippen molar-refractivity contribution in [2.24, 2.45) is 0 Å². The van der Waals surface area contributed by atoms with E-state index in [-0.39, 0.29) is 5.91 Å². The van der Waals surface area contributed by atoms with Gasteiger partial charge in [-0.25, -0.2) is 4.98 Å². The molecule has 6 heteroatoms. The number of nitrogens with two attached hydrogens (primary N) is 2. The highest BCUT2D eigenvalue weighted by molar-refractivity contribution is 6.33. The van der Waals surface area contributed by atoms with E-state index in [1.165, 1.54) is 12.3 Å². The van der Waals surface area contributed by atoms with Crippen LogP contribution in [0.25, 0.3) is 0 Å². The molecule has 0 spiro atoms. The third-order valence-electron chi connectivity index (χ3n) is 2.31. The molecule has 0 radical (unpaired) electrons. The van der Waals surface area contributed by atoms with Crippen LogP contribution in [0.2, 0.25) is 5.02 Å². The van der Waals surface area contributed by atoms with Crippen molar-refractivity contribution in [3.8, 4) is 0 Å². The first-order valence-corrected chi connectivity index (χ1v) is 5.52. The van der Waals surface area contributed by atoms with E-state index in [9.17, 15) is 4.79 Å². The Labute approximate surface area is 109 Å². The van der Waals surface area contributed by atoms with E-state index in [2.05, 4.69) is 10.3 Å². The second-order valence-electron chi connectivity index (χ2n) is 3.63. The Kier molecular flexibility index (Phi) is 3.34. The zero-order valence-electron chi connectivity index (χ0n) is 9.35. The summed E-state index contributed by atoms with van der Waals surface area (Å²) in [7, 11) is 0. The summed E-state index contributed by atoms with van der Waals surface area (Å²) in [4.78, 5) is 15.9. The third-order valence-corrected chi connectivity index (χ3v) is 2.62. The largest absolute Gasteiger partial charge is 0.399 e. The number of nitrogens with one attached hydrogen (secondary N) is 1. The van der Waals surface area contributed by atoms with Gasteiger partial charge in [-0.05, 0) is 30.3 Å². The number of amides is 1. The quantitative estimate of drug-likeness (QED) is 0.723. The highest BCUT2D eigenvalue weighted by Gasteiger charge is 2.12. The third kappa shape index (κ3) is 2.52. The summed E-state index contributed by atoms with van der Waals surface area (Å²) in [5.74, 6) is -0.0894. The van der Waals surface area contributed by atoms with Gasteiger partial charge in [0.05, 0.1) is 10.6 Å². The van der Waals surface area contributed by atoms with Crippen LogP contribution in [0, 0.1) is 0 Å². The van der Waals surface area contributed by atoms with Gasteiger partial charge in [-0.1, -0.05) is 11.6 Å². The Morgan fingerprint density at radius 2 is 2.06 bits per heavy atom. The number of rotatable bonds is 2. The van der Waals surface area contributed by atoms with Crippen LogP contribution in [0.1, 0.15) is 10.4 Å². The fourth-order valence-electron chi connectivity index (χ4n) is 1.44. The smallest absolute Gasteiger partial charge is 0.258 e. The molecule has 18 heavy (non-hydrogen) atoms. The summed E-state index contributed by atoms with van der Waals surface area (Å²) >= 11 is 5.89. The number of anilines is 3. The number of nitrogens with zero attached hydrogens (tertiary/aromatic N) is 1. The van der Waals surface area contributed by atoms with Gasteiger partial charge >= 0.3 is 0 Å². The van der Waals surface area contributed by atoms with Crippen molar-refractivity contribution in [3.63, 3.8) is 0 Å². The Bertz CT molecular complexity index is 600. The first-order valence-electron chi connectivity index (χ1n) is 5.15. The van der Waals surface area contributed by atoms with Crippen molar-refractivity contribution in [3.05, 3.63) is 47.1 Å². The zero-order chi connectivity index (χ0) is 13.1. The molecule has 2 rings (SSSR count). The Morgan fingerprint density at radius 1 is 1.28 bits per heavy atom. The van der Waals surface area contributed by atoms with Gasteiger partial charge in [0.2, 0.25) is 0 Å². The number of aromatic nitrogens is 1. The van der Waals surface area contributed by atoms with Crippen molar-refractivity contribution >= 4 is 34.7 Å². The van der Waals surface area contributed by atoms with E-state index < -0.39 is 0 Å². The van der Waals surface area contributed by atoms with E-state index in [4.69, 9.17) is 23.1 Å². The first-order chi connectivity index (χ1) is 8.58. The normalized spacial score (nSPS) is 10.1. The maximum Gasteiger partial charge on any atom is 0.258 e. The van der Waals surface area contributed by atoms with E-state index in [1.54, 1.807) is 24.3 Å². The van der Waals surface area contributed by atoms with Crippen LogP contribution in [0.4, 0.5) is 17.2 Å². The summed E-state index contributed by atoms with van der Waals surface area (Å²) < 4.78 is 0. The molecule has 0 unspecified atom stereocenters. The minimum Gasteiger partial charge on any atom is -0.399 e. The fourth-order valence-corrected chi connectivity index (χ4v) is 1.61. The molecule has 0 bridgehead atoms. The highest BCUT2D eigenvalue weighted by atomic mass is 35.5. The molecule has 0 saturated heterocycles. The summed E-state index contributed by atoms with van der Waals surface area (Å²) in [6.45, 7) is 0. The van der Waals surface area contributed by atoms with Crippen molar-refractivity contribution in [1.82, 2.24) is 4.98 Å². The lowest BCUT2D eigenvalue weighted by atomic mass is 10.1. The molecule has 5 N–H and O–H groups in total. The number of hydrogen-bond acceptors (Lipinski definition) is 4. The van der Waals surface area contributed by atoms with Crippen LogP contribution in [0.5, 0.6) is 0 Å². The molecule has 0 atom stereocenters. The molecule has 0 aliphatic heterocycles. The second-order valence-corrected chi connectivity index (χ2v) is 4.04. The van der Waals surface area contributed by atoms with Crippen LogP contribution in [-0.4, -0.2) is 10.9 Å². The van der Waals surface area contributed by atoms with Crippen LogP contribution < -0.4 is 16.8 Å². The molecule has 0 saturated carbocycles. The Hall–Kier alpha value is -2.27. The topological polar surface area (TPSA) is 94.0 Å². The van der Waals surface area contributed by atoms with E-state index >= 15 is 0 Å². The molecule has 0 aliphatic rings. The van der Waals surface area contributed by atoms with Gasteiger partial charge in [0, 0.05) is 17.6 Å². The lowest BCUT2D eigenvalue weighted by molar-refractivity contribution is 0.102. The van der Waals surface area contributed by atoms with Crippen LogP contribution in [-0.2, 0) is 0 Å². The molecule has 2 aromatic rings. The SMILES string of the molecule is Nc1ccc(C(=O)Nc2ncccc2Cl)c(N)c1. The molecule has 1 heterocycles. The highest BCUT2D eigenvalue weighted by Crippen LogP contribution is 2.20. The van der Waals surface area contributed by atoms with Crippen LogP contribution in [0.3, 0.4) is 0 Å². The minimum atomic E-state index is -0.381. The Morgan fingerprint density at radius 3 is 2.72 bits per heavy atom. The van der Waals surface area contributed by atoms with E-state index in [0.29, 0.717) is 27.8 Å². The lowest BCUT2D eigenvalue weighted by Gasteiger charge is -2.08. The van der Waals surface area contributed by atoms with Crippen molar-refractivity contribution in [2.75, 3.05) is 16.8 Å². The van der Waals surface area contributed by atoms with Crippen LogP contribution in [0.15, 0.2) is 36.5 Å². The van der Waals surface area contributed by atoms with Gasteiger partial charge in [0.1, 0.15) is 0 Å². The number of nitrogen functional groups attached to an aromatic ring is 2. The first kappa shape index (κ1) is 12.2. The molecule has 0 fully saturated rings. The van der Waals surface area contributed by atoms with Gasteiger partial charge in [-0.15, -0.1) is 0 Å². The molecular weight excluding hydrogens is 252 g/mol. The monoisotopic (exact) mass is 262 g/mol. The average molecular weight is 263 g/mol. The maximum atomic E-state index is 12.0. The molecule has 1 aromatic carbocycles. The summed E-state index contributed by atoms with van der Waals surface area (Å²) in [6, 6.07) is 7.99. The molecule has 1 amide bonds. The number of pyridine rings is 1. The fraction of sp³-hybridized carbons (Fsp3) is 0. The van der Waals surface area contributed by atoms with Crippen LogP contribution >= 0.6 is 11.6 Å². The number of carbonyl (C=O) groups is 1. The molecule has 5 nitrogen and oxygen atoms in total. The van der Waals surface area contributed by atoms with Gasteiger partial charge in [-0.2, -0.15) is 0 Å². The van der Waals surface area contributed by atoms with Gasteiger partial charge in [-0.3, -0.25) is 4.79 Å². The van der Waals surface area contributed by atoms with E-state index in [0.717, 1.165) is 0 Å². The molecular formula is C12H11ClN4O. The molecule has 0 aliphatic carbocycles. The van der Waals surface area contributed by atoms with Crippen molar-refractivity contribution < 1.29 is 4.79 Å². The number of halogens is 1. The van der Waals surface area contributed by atoms with Crippen molar-refractivity contribution in [1.29, 1.82) is 0 Å². The number of carbonyl (C=O) groups excluding carboxylic acids is 1. The summed E-state index contributed by atoms with van der Waals surface area (Å²) in [5.41, 5.74) is 12.4. The summed E-state index contributed by atoms with van der Waals surface area (Å²) in [5, 5.41) is 2.94. The molecule has 92 valence electrons. The summed E-state index contributed by atoms with van der Waals surface area (Å²) in [6.07, 6.45) is 1.54. The number of hydrogen-bond donors (Lipinski definition) is 3. The molecule has 1 aromatic heterocycles. The van der Waals surface area contributed by atoms with Gasteiger partial charge in [0.25, 0.3) is 5.91 Å². The van der Waals surface area contributed by atoms with Gasteiger partial charge < -0.3 is 16.8 Å². The van der Waals surface area contributed by atoms with Crippen molar-refractivity contribution in [2.45, 2.75) is 0 Å². The standard InChI is InChI=1S/C12H11ClN4O/c13-9-2-1-5-16-11(9)17-12(18)8-4-3-7(14)6-10(8)15/h1-6H,14-15H2,(H,16,17,18). The minimum absolute atomic E-state index is 0.292. The number of benzene rings is 1. The second kappa shape index (κ2) is 4.93. The Balaban J connectivity index is 2.25. The predicted octanol–water partition coefficient (Wildman–Crippen LogP) is 2.15. The maximum absolute atomic E-state index is 12.0. The van der Waals surface area contributed by atoms with Gasteiger partial charge in [0.15, 0.2) is 5.82 Å². The average Bonchev–Trinajstić information content (AvgIpc) is 2.32.